The number of aryl methyl sites for hydroxylation is 2. The first-order valence-corrected chi connectivity index (χ1v) is 12.6. The van der Waals surface area contributed by atoms with Crippen LogP contribution in [0.4, 0.5) is 16.2 Å². The van der Waals surface area contributed by atoms with Crippen LogP contribution in [-0.2, 0) is 14.9 Å². The van der Waals surface area contributed by atoms with Crippen molar-refractivity contribution in [2.75, 3.05) is 17.2 Å². The summed E-state index contributed by atoms with van der Waals surface area (Å²) in [7, 11) is -4.25. The summed E-state index contributed by atoms with van der Waals surface area (Å²) in [5.74, 6) is -0.969. The second kappa shape index (κ2) is 11.5. The Morgan fingerprint density at radius 3 is 2.03 bits per heavy atom. The number of carbonyl (C=O) groups is 2. The van der Waals surface area contributed by atoms with Crippen LogP contribution >= 0.6 is 0 Å². The normalized spacial score (nSPS) is 10.9. The first kappa shape index (κ1) is 25.8. The lowest BCUT2D eigenvalue weighted by atomic mass is 10.2. The third-order valence-electron chi connectivity index (χ3n) is 5.01. The average molecular weight is 497 g/mol. The van der Waals surface area contributed by atoms with Crippen molar-refractivity contribution in [1.82, 2.24) is 0 Å². The molecule has 0 saturated heterocycles. The third-order valence-corrected chi connectivity index (χ3v) is 6.26. The molecule has 8 nitrogen and oxygen atoms in total. The van der Waals surface area contributed by atoms with Gasteiger partial charge in [-0.1, -0.05) is 48.7 Å². The molecule has 184 valence electrons. The van der Waals surface area contributed by atoms with Crippen LogP contribution in [-0.4, -0.2) is 27.0 Å². The summed E-state index contributed by atoms with van der Waals surface area (Å²) in [6.07, 6.45) is 1.50. The van der Waals surface area contributed by atoms with E-state index in [2.05, 4.69) is 10.6 Å². The van der Waals surface area contributed by atoms with Gasteiger partial charge in [0.25, 0.3) is 0 Å². The maximum atomic E-state index is 12.9. The van der Waals surface area contributed by atoms with Gasteiger partial charge in [0, 0.05) is 17.4 Å². The standard InChI is InChI=1S/C26H28N2O6S/c1-4-5-16-33-25(29)23-15-12-21(28-26(30)27-20-10-6-18(2)7-11-20)17-24(23)34-35(31,32)22-13-8-19(3)9-14-22/h6-15,17H,4-5,16H2,1-3H3,(H2,27,28,30). The highest BCUT2D eigenvalue weighted by Crippen LogP contribution is 2.28. The fourth-order valence-electron chi connectivity index (χ4n) is 3.03. The second-order valence-electron chi connectivity index (χ2n) is 8.00. The molecule has 0 fully saturated rings. The highest BCUT2D eigenvalue weighted by atomic mass is 32.2. The van der Waals surface area contributed by atoms with Crippen molar-refractivity contribution < 1.29 is 26.9 Å². The summed E-state index contributed by atoms with van der Waals surface area (Å²) < 4.78 is 36.3. The average Bonchev–Trinajstić information content (AvgIpc) is 2.81. The van der Waals surface area contributed by atoms with Gasteiger partial charge in [-0.05, 0) is 56.7 Å². The summed E-state index contributed by atoms with van der Waals surface area (Å²) in [5.41, 5.74) is 2.68. The molecule has 3 rings (SSSR count). The van der Waals surface area contributed by atoms with E-state index in [1.807, 2.05) is 32.9 Å². The Labute approximate surface area is 205 Å². The number of anilines is 2. The maximum Gasteiger partial charge on any atom is 0.341 e. The molecule has 2 amide bonds. The molecule has 0 bridgehead atoms. The van der Waals surface area contributed by atoms with E-state index in [4.69, 9.17) is 8.92 Å². The van der Waals surface area contributed by atoms with Crippen LogP contribution in [0.2, 0.25) is 0 Å². The van der Waals surface area contributed by atoms with Gasteiger partial charge >= 0.3 is 22.1 Å². The van der Waals surface area contributed by atoms with Crippen molar-refractivity contribution >= 4 is 33.5 Å². The molecular weight excluding hydrogens is 468 g/mol. The molecule has 0 unspecified atom stereocenters. The molecule has 0 heterocycles. The highest BCUT2D eigenvalue weighted by molar-refractivity contribution is 7.87. The SMILES string of the molecule is CCCCOC(=O)c1ccc(NC(=O)Nc2ccc(C)cc2)cc1OS(=O)(=O)c1ccc(C)cc1. The molecule has 0 aliphatic heterocycles. The molecular formula is C26H28N2O6S. The minimum absolute atomic E-state index is 0.0659. The number of amides is 2. The molecule has 0 aromatic heterocycles. The number of unbranched alkanes of at least 4 members (excludes halogenated alkanes) is 1. The van der Waals surface area contributed by atoms with Crippen molar-refractivity contribution in [3.05, 3.63) is 83.4 Å². The zero-order valence-corrected chi connectivity index (χ0v) is 20.6. The predicted molar refractivity (Wildman–Crippen MR) is 134 cm³/mol. The maximum absolute atomic E-state index is 12.9. The van der Waals surface area contributed by atoms with E-state index in [-0.39, 0.29) is 28.5 Å². The highest BCUT2D eigenvalue weighted by Gasteiger charge is 2.23. The fourth-order valence-corrected chi connectivity index (χ4v) is 3.97. The molecule has 35 heavy (non-hydrogen) atoms. The summed E-state index contributed by atoms with van der Waals surface area (Å²) >= 11 is 0. The number of esters is 1. The van der Waals surface area contributed by atoms with E-state index in [1.165, 1.54) is 30.3 Å². The first-order chi connectivity index (χ1) is 16.7. The zero-order valence-electron chi connectivity index (χ0n) is 19.8. The molecule has 3 aromatic carbocycles. The number of carbonyl (C=O) groups excluding carboxylic acids is 2. The fraction of sp³-hybridized carbons (Fsp3) is 0.231. The van der Waals surface area contributed by atoms with Gasteiger partial charge in [0.05, 0.1) is 6.61 Å². The van der Waals surface area contributed by atoms with E-state index in [0.29, 0.717) is 12.1 Å². The molecule has 9 heteroatoms. The number of nitrogens with one attached hydrogen (secondary N) is 2. The van der Waals surface area contributed by atoms with Gasteiger partial charge in [-0.2, -0.15) is 8.42 Å². The Hall–Kier alpha value is -3.85. The van der Waals surface area contributed by atoms with E-state index in [1.54, 1.807) is 24.3 Å². The number of urea groups is 1. The minimum Gasteiger partial charge on any atom is -0.462 e. The molecule has 3 aromatic rings. The number of hydrogen-bond donors (Lipinski definition) is 2. The van der Waals surface area contributed by atoms with E-state index >= 15 is 0 Å². The van der Waals surface area contributed by atoms with Crippen LogP contribution < -0.4 is 14.8 Å². The lowest BCUT2D eigenvalue weighted by molar-refractivity contribution is 0.0498. The number of rotatable bonds is 9. The van der Waals surface area contributed by atoms with Crippen molar-refractivity contribution in [3.8, 4) is 5.75 Å². The topological polar surface area (TPSA) is 111 Å². The van der Waals surface area contributed by atoms with Crippen LogP contribution in [0.3, 0.4) is 0 Å². The lowest BCUT2D eigenvalue weighted by Gasteiger charge is -2.14. The molecule has 0 spiro atoms. The monoisotopic (exact) mass is 496 g/mol. The molecule has 0 atom stereocenters. The van der Waals surface area contributed by atoms with E-state index in [9.17, 15) is 18.0 Å². The summed E-state index contributed by atoms with van der Waals surface area (Å²) in [6.45, 7) is 5.92. The van der Waals surface area contributed by atoms with Crippen molar-refractivity contribution in [3.63, 3.8) is 0 Å². The third kappa shape index (κ3) is 7.31. The summed E-state index contributed by atoms with van der Waals surface area (Å²) in [4.78, 5) is 25.0. The van der Waals surface area contributed by atoms with Gasteiger partial charge in [0.15, 0.2) is 5.75 Å². The number of hydrogen-bond acceptors (Lipinski definition) is 6. The summed E-state index contributed by atoms with van der Waals surface area (Å²) in [5, 5.41) is 5.31. The van der Waals surface area contributed by atoms with Crippen LogP contribution in [0.25, 0.3) is 0 Å². The Bertz CT molecular complexity index is 1290. The number of benzene rings is 3. The van der Waals surface area contributed by atoms with Gasteiger partial charge < -0.3 is 19.6 Å². The van der Waals surface area contributed by atoms with Crippen molar-refractivity contribution in [1.29, 1.82) is 0 Å². The van der Waals surface area contributed by atoms with Crippen molar-refractivity contribution in [2.24, 2.45) is 0 Å². The molecule has 0 saturated carbocycles. The molecule has 2 N–H and O–H groups in total. The van der Waals surface area contributed by atoms with Crippen LogP contribution in [0, 0.1) is 13.8 Å². The Kier molecular flexibility index (Phi) is 8.48. The molecule has 0 radical (unpaired) electrons. The Balaban J connectivity index is 1.86. The van der Waals surface area contributed by atoms with Gasteiger partial charge in [-0.3, -0.25) is 0 Å². The lowest BCUT2D eigenvalue weighted by Crippen LogP contribution is -2.20. The minimum atomic E-state index is -4.25. The van der Waals surface area contributed by atoms with Crippen molar-refractivity contribution in [2.45, 2.75) is 38.5 Å². The smallest absolute Gasteiger partial charge is 0.341 e. The van der Waals surface area contributed by atoms with Gasteiger partial charge in [0.2, 0.25) is 0 Å². The quantitative estimate of drug-likeness (QED) is 0.224. The van der Waals surface area contributed by atoms with Gasteiger partial charge in [-0.15, -0.1) is 0 Å². The van der Waals surface area contributed by atoms with Crippen LogP contribution in [0.5, 0.6) is 5.75 Å². The number of ether oxygens (including phenoxy) is 1. The zero-order chi connectivity index (χ0) is 25.4. The first-order valence-electron chi connectivity index (χ1n) is 11.1. The van der Waals surface area contributed by atoms with Crippen LogP contribution in [0.1, 0.15) is 41.3 Å². The Morgan fingerprint density at radius 2 is 1.40 bits per heavy atom. The van der Waals surface area contributed by atoms with E-state index in [0.717, 1.165) is 17.5 Å². The Morgan fingerprint density at radius 1 is 0.829 bits per heavy atom. The largest absolute Gasteiger partial charge is 0.462 e. The van der Waals surface area contributed by atoms with Gasteiger partial charge in [-0.25, -0.2) is 9.59 Å². The van der Waals surface area contributed by atoms with Crippen LogP contribution in [0.15, 0.2) is 71.6 Å². The van der Waals surface area contributed by atoms with Gasteiger partial charge in [0.1, 0.15) is 10.5 Å². The second-order valence-corrected chi connectivity index (χ2v) is 9.54. The van der Waals surface area contributed by atoms with E-state index < -0.39 is 22.1 Å². The predicted octanol–water partition coefficient (Wildman–Crippen LogP) is 5.67. The summed E-state index contributed by atoms with van der Waals surface area (Å²) in [6, 6.07) is 16.9. The molecule has 0 aliphatic carbocycles. The molecule has 0 aliphatic rings.